The number of anilines is 3. The van der Waals surface area contributed by atoms with E-state index in [0.29, 0.717) is 6.54 Å². The van der Waals surface area contributed by atoms with Gasteiger partial charge < -0.3 is 16.8 Å². The van der Waals surface area contributed by atoms with E-state index in [2.05, 4.69) is 12.2 Å². The molecule has 0 saturated carbocycles. The molecule has 1 aromatic rings. The van der Waals surface area contributed by atoms with Crippen molar-refractivity contribution in [2.75, 3.05) is 23.3 Å². The fourth-order valence-electron chi connectivity index (χ4n) is 1.43. The first-order valence-electron chi connectivity index (χ1n) is 5.34. The first-order valence-corrected chi connectivity index (χ1v) is 5.72. The third-order valence-corrected chi connectivity index (χ3v) is 2.73. The van der Waals surface area contributed by atoms with Crippen molar-refractivity contribution in [3.05, 3.63) is 16.9 Å². The van der Waals surface area contributed by atoms with Crippen molar-refractivity contribution in [2.24, 2.45) is 0 Å². The van der Waals surface area contributed by atoms with Crippen LogP contribution in [0.5, 0.6) is 0 Å². The zero-order valence-electron chi connectivity index (χ0n) is 9.32. The summed E-state index contributed by atoms with van der Waals surface area (Å²) in [5.74, 6) is -0.573. The Labute approximate surface area is 100.0 Å². The summed E-state index contributed by atoms with van der Waals surface area (Å²) in [6.07, 6.45) is 3.18. The van der Waals surface area contributed by atoms with Gasteiger partial charge in [0.15, 0.2) is 5.82 Å². The van der Waals surface area contributed by atoms with Crippen molar-refractivity contribution in [2.45, 2.75) is 26.2 Å². The van der Waals surface area contributed by atoms with E-state index in [9.17, 15) is 4.39 Å². The molecule has 5 heteroatoms. The highest BCUT2D eigenvalue weighted by Crippen LogP contribution is 2.33. The predicted octanol–water partition coefficient (Wildman–Crippen LogP) is 3.25. The molecule has 0 fully saturated rings. The third-order valence-electron chi connectivity index (χ3n) is 2.35. The van der Waals surface area contributed by atoms with Crippen LogP contribution in [0.4, 0.5) is 21.5 Å². The second kappa shape index (κ2) is 5.80. The summed E-state index contributed by atoms with van der Waals surface area (Å²) in [4.78, 5) is 0. The van der Waals surface area contributed by atoms with Gasteiger partial charge >= 0.3 is 0 Å². The zero-order valence-corrected chi connectivity index (χ0v) is 10.1. The number of hydrogen-bond donors (Lipinski definition) is 3. The Balaban J connectivity index is 2.76. The van der Waals surface area contributed by atoms with Gasteiger partial charge in [0.25, 0.3) is 0 Å². The van der Waals surface area contributed by atoms with Crippen LogP contribution in [-0.2, 0) is 0 Å². The first kappa shape index (κ1) is 12.9. The second-order valence-electron chi connectivity index (χ2n) is 3.69. The van der Waals surface area contributed by atoms with Crippen LogP contribution in [0.3, 0.4) is 0 Å². The Morgan fingerprint density at radius 3 is 2.62 bits per heavy atom. The smallest absolute Gasteiger partial charge is 0.169 e. The van der Waals surface area contributed by atoms with Gasteiger partial charge in [-0.2, -0.15) is 0 Å². The Hall–Kier alpha value is -1.16. The summed E-state index contributed by atoms with van der Waals surface area (Å²) in [5, 5.41) is 2.87. The lowest BCUT2D eigenvalue weighted by atomic mass is 10.2. The maximum atomic E-state index is 13.7. The third kappa shape index (κ3) is 2.92. The molecule has 0 aliphatic heterocycles. The van der Waals surface area contributed by atoms with Crippen LogP contribution < -0.4 is 16.8 Å². The van der Waals surface area contributed by atoms with Gasteiger partial charge in [0.05, 0.1) is 17.1 Å². The van der Waals surface area contributed by atoms with Gasteiger partial charge in [-0.05, 0) is 12.5 Å². The van der Waals surface area contributed by atoms with E-state index >= 15 is 0 Å². The van der Waals surface area contributed by atoms with Crippen molar-refractivity contribution >= 4 is 28.7 Å². The molecule has 90 valence electrons. The van der Waals surface area contributed by atoms with Gasteiger partial charge in [-0.15, -0.1) is 0 Å². The van der Waals surface area contributed by atoms with Crippen LogP contribution >= 0.6 is 11.6 Å². The quantitative estimate of drug-likeness (QED) is 0.551. The van der Waals surface area contributed by atoms with Crippen LogP contribution in [0.15, 0.2) is 6.07 Å². The molecule has 0 aliphatic rings. The molecule has 1 aromatic carbocycles. The van der Waals surface area contributed by atoms with Crippen LogP contribution in [0.2, 0.25) is 5.02 Å². The van der Waals surface area contributed by atoms with Crippen molar-refractivity contribution < 1.29 is 4.39 Å². The van der Waals surface area contributed by atoms with Crippen molar-refractivity contribution in [1.29, 1.82) is 0 Å². The summed E-state index contributed by atoms with van der Waals surface area (Å²) in [7, 11) is 0. The average molecular weight is 246 g/mol. The maximum Gasteiger partial charge on any atom is 0.169 e. The molecule has 5 N–H and O–H groups in total. The Morgan fingerprint density at radius 1 is 1.31 bits per heavy atom. The fourth-order valence-corrected chi connectivity index (χ4v) is 1.58. The van der Waals surface area contributed by atoms with Gasteiger partial charge in [0, 0.05) is 6.54 Å². The predicted molar refractivity (Wildman–Crippen MR) is 68.2 cm³/mol. The molecule has 0 bridgehead atoms. The molecular formula is C11H17ClFN3. The molecule has 16 heavy (non-hydrogen) atoms. The molecule has 0 atom stereocenters. The minimum atomic E-state index is -0.573. The number of unbranched alkanes of at least 4 members (excludes halogenated alkanes) is 2. The molecule has 0 spiro atoms. The number of nitrogens with one attached hydrogen (secondary N) is 1. The topological polar surface area (TPSA) is 64.1 Å². The molecule has 0 unspecified atom stereocenters. The van der Waals surface area contributed by atoms with E-state index in [4.69, 9.17) is 23.1 Å². The van der Waals surface area contributed by atoms with Gasteiger partial charge in [0.2, 0.25) is 0 Å². The van der Waals surface area contributed by atoms with Gasteiger partial charge in [0.1, 0.15) is 5.02 Å². The van der Waals surface area contributed by atoms with Gasteiger partial charge in [-0.1, -0.05) is 31.4 Å². The van der Waals surface area contributed by atoms with Crippen molar-refractivity contribution in [3.63, 3.8) is 0 Å². The fraction of sp³-hybridized carbons (Fsp3) is 0.455. The second-order valence-corrected chi connectivity index (χ2v) is 4.07. The van der Waals surface area contributed by atoms with E-state index in [-0.39, 0.29) is 22.1 Å². The monoisotopic (exact) mass is 245 g/mol. The number of nitrogen functional groups attached to an aromatic ring is 2. The highest BCUT2D eigenvalue weighted by molar-refractivity contribution is 6.33. The molecule has 0 aliphatic carbocycles. The van der Waals surface area contributed by atoms with Gasteiger partial charge in [-0.25, -0.2) is 4.39 Å². The largest absolute Gasteiger partial charge is 0.397 e. The number of nitrogens with two attached hydrogens (primary N) is 2. The van der Waals surface area contributed by atoms with Crippen LogP contribution in [0.1, 0.15) is 26.2 Å². The summed E-state index contributed by atoms with van der Waals surface area (Å²) >= 11 is 5.70. The Morgan fingerprint density at radius 2 is 2.00 bits per heavy atom. The van der Waals surface area contributed by atoms with Crippen molar-refractivity contribution in [1.82, 2.24) is 0 Å². The normalized spacial score (nSPS) is 10.4. The van der Waals surface area contributed by atoms with E-state index in [1.807, 2.05) is 0 Å². The Bertz CT molecular complexity index is 369. The van der Waals surface area contributed by atoms with E-state index in [1.54, 1.807) is 0 Å². The number of benzene rings is 1. The van der Waals surface area contributed by atoms with Crippen LogP contribution in [0, 0.1) is 5.82 Å². The van der Waals surface area contributed by atoms with Gasteiger partial charge in [-0.3, -0.25) is 0 Å². The minimum Gasteiger partial charge on any atom is -0.397 e. The molecule has 0 radical (unpaired) electrons. The molecule has 0 aromatic heterocycles. The molecule has 0 amide bonds. The maximum absolute atomic E-state index is 13.7. The minimum absolute atomic E-state index is 0.0767. The lowest BCUT2D eigenvalue weighted by Gasteiger charge is -2.12. The molecular weight excluding hydrogens is 229 g/mol. The molecule has 3 nitrogen and oxygen atoms in total. The molecule has 1 rings (SSSR count). The Kier molecular flexibility index (Phi) is 4.68. The number of halogens is 2. The summed E-state index contributed by atoms with van der Waals surface area (Å²) < 4.78 is 13.7. The number of hydrogen-bond acceptors (Lipinski definition) is 3. The van der Waals surface area contributed by atoms with E-state index < -0.39 is 5.82 Å². The van der Waals surface area contributed by atoms with Crippen LogP contribution in [0.25, 0.3) is 0 Å². The molecule has 0 heterocycles. The highest BCUT2D eigenvalue weighted by atomic mass is 35.5. The first-order chi connectivity index (χ1) is 7.57. The van der Waals surface area contributed by atoms with Crippen molar-refractivity contribution in [3.8, 4) is 0 Å². The lowest BCUT2D eigenvalue weighted by molar-refractivity contribution is 0.630. The summed E-state index contributed by atoms with van der Waals surface area (Å²) in [6, 6.07) is 1.47. The lowest BCUT2D eigenvalue weighted by Crippen LogP contribution is -2.07. The van der Waals surface area contributed by atoms with E-state index in [1.165, 1.54) is 6.07 Å². The summed E-state index contributed by atoms with van der Waals surface area (Å²) in [5.41, 5.74) is 11.8. The standard InChI is InChI=1S/C11H17ClFN3/c1-2-3-4-5-16-11-8(15)6-7(14)9(12)10(11)13/h6,16H,2-5,14-15H2,1H3. The SMILES string of the molecule is CCCCCNc1c(N)cc(N)c(Cl)c1F. The average Bonchev–Trinajstić information content (AvgIpc) is 2.25. The van der Waals surface area contributed by atoms with Crippen LogP contribution in [-0.4, -0.2) is 6.54 Å². The number of rotatable bonds is 5. The summed E-state index contributed by atoms with van der Waals surface area (Å²) in [6.45, 7) is 2.78. The van der Waals surface area contributed by atoms with E-state index in [0.717, 1.165) is 19.3 Å². The highest BCUT2D eigenvalue weighted by Gasteiger charge is 2.13. The molecule has 0 saturated heterocycles. The zero-order chi connectivity index (χ0) is 12.1.